The first-order valence-electron chi connectivity index (χ1n) is 11.6. The van der Waals surface area contributed by atoms with Crippen molar-refractivity contribution in [1.82, 2.24) is 9.80 Å². The SMILES string of the molecule is CCC[CH2][Sn][CH2]CCC.CN(C)CCOC(=O)/C=C/C(=O)O.CN(C)CCOC(=O)/C=C/C(=O)O. The molecule has 11 heteroatoms. The minimum absolute atomic E-state index is 0.149. The summed E-state index contributed by atoms with van der Waals surface area (Å²) in [6.07, 6.45) is 9.11. The molecule has 0 saturated carbocycles. The predicted octanol–water partition coefficient (Wildman–Crippen LogP) is 2.59. The first-order chi connectivity index (χ1) is 16.5. The molecule has 0 spiro atoms. The van der Waals surface area contributed by atoms with Crippen LogP contribution >= 0.6 is 0 Å². The standard InChI is InChI=1S/2C8H13NO4.2C4H9.Sn/c2*1-9(2)5-6-13-8(12)4-3-7(10)11;2*1-3-4-2;/h2*3-4H,5-6H2,1-2H3,(H,10,11);2*1,3-4H2,2H3;/b2*4-3+;;;. The van der Waals surface area contributed by atoms with Crippen molar-refractivity contribution < 1.29 is 38.9 Å². The van der Waals surface area contributed by atoms with Crippen molar-refractivity contribution >= 4 is 45.0 Å². The summed E-state index contributed by atoms with van der Waals surface area (Å²) in [6.45, 7) is 6.34. The van der Waals surface area contributed by atoms with Gasteiger partial charge in [-0.3, -0.25) is 0 Å². The Morgan fingerprint density at radius 3 is 1.29 bits per heavy atom. The third-order valence-electron chi connectivity index (χ3n) is 3.70. The molecule has 0 unspecified atom stereocenters. The smallest absolute Gasteiger partial charge is 0.331 e. The normalized spacial score (nSPS) is 10.5. The molecule has 0 saturated heterocycles. The molecule has 2 radical (unpaired) electrons. The maximum absolute atomic E-state index is 10.7. The molecule has 0 aliphatic carbocycles. The van der Waals surface area contributed by atoms with E-state index < -0.39 is 23.9 Å². The monoisotopic (exact) mass is 608 g/mol. The molecule has 0 aromatic heterocycles. The largest absolute Gasteiger partial charge is 0.478 e. The number of carboxylic acid groups (broad SMARTS) is 2. The number of carbonyl (C=O) groups excluding carboxylic acids is 2. The number of likely N-dealkylation sites (N-methyl/N-ethyl adjacent to an activating group) is 2. The van der Waals surface area contributed by atoms with Crippen LogP contribution in [0.2, 0.25) is 8.87 Å². The molecule has 0 amide bonds. The Bertz CT molecular complexity index is 571. The van der Waals surface area contributed by atoms with E-state index in [1.165, 1.54) is 25.7 Å². The molecule has 0 atom stereocenters. The number of hydrogen-bond donors (Lipinski definition) is 2. The summed E-state index contributed by atoms with van der Waals surface area (Å²) >= 11 is 0.149. The third kappa shape index (κ3) is 42.7. The molecule has 2 N–H and O–H groups in total. The Balaban J connectivity index is -0.000000448. The van der Waals surface area contributed by atoms with Crippen LogP contribution in [0.1, 0.15) is 39.5 Å². The summed E-state index contributed by atoms with van der Waals surface area (Å²) < 4.78 is 12.6. The van der Waals surface area contributed by atoms with Crippen LogP contribution < -0.4 is 0 Å². The maximum Gasteiger partial charge on any atom is 0.331 e. The van der Waals surface area contributed by atoms with Crippen LogP contribution in [0.15, 0.2) is 24.3 Å². The summed E-state index contributed by atoms with van der Waals surface area (Å²) in [4.78, 5) is 45.2. The molecular formula is C24H44N2O8Sn. The Morgan fingerprint density at radius 2 is 1.03 bits per heavy atom. The summed E-state index contributed by atoms with van der Waals surface area (Å²) in [5, 5.41) is 16.3. The van der Waals surface area contributed by atoms with Gasteiger partial charge in [0.15, 0.2) is 0 Å². The zero-order valence-electron chi connectivity index (χ0n) is 22.1. The van der Waals surface area contributed by atoms with Gasteiger partial charge in [0.1, 0.15) is 13.2 Å². The summed E-state index contributed by atoms with van der Waals surface area (Å²) in [7, 11) is 7.39. The average molecular weight is 607 g/mol. The number of aliphatic carboxylic acids is 2. The van der Waals surface area contributed by atoms with Crippen molar-refractivity contribution in [3.05, 3.63) is 24.3 Å². The van der Waals surface area contributed by atoms with Gasteiger partial charge < -0.3 is 29.5 Å². The van der Waals surface area contributed by atoms with Crippen molar-refractivity contribution in [2.24, 2.45) is 0 Å². The van der Waals surface area contributed by atoms with E-state index in [0.29, 0.717) is 13.1 Å². The van der Waals surface area contributed by atoms with Crippen LogP contribution in [0.3, 0.4) is 0 Å². The van der Waals surface area contributed by atoms with Crippen molar-refractivity contribution in [2.45, 2.75) is 48.4 Å². The van der Waals surface area contributed by atoms with E-state index in [-0.39, 0.29) is 34.4 Å². The Labute approximate surface area is 220 Å². The minimum atomic E-state index is -1.16. The van der Waals surface area contributed by atoms with Crippen LogP contribution in [0.5, 0.6) is 0 Å². The number of carbonyl (C=O) groups is 4. The molecule has 0 aliphatic rings. The van der Waals surface area contributed by atoms with E-state index in [1.807, 2.05) is 38.0 Å². The molecule has 0 heterocycles. The number of ether oxygens (including phenoxy) is 2. The second kappa shape index (κ2) is 28.3. The number of unbranched alkanes of at least 4 members (excludes halogenated alkanes) is 2. The van der Waals surface area contributed by atoms with Crippen LogP contribution in [-0.2, 0) is 28.7 Å². The molecule has 0 aromatic rings. The zero-order chi connectivity index (χ0) is 27.5. The molecule has 0 aliphatic heterocycles. The number of rotatable bonds is 16. The van der Waals surface area contributed by atoms with E-state index in [2.05, 4.69) is 23.3 Å². The van der Waals surface area contributed by atoms with Gasteiger partial charge >= 0.3 is 93.4 Å². The summed E-state index contributed by atoms with van der Waals surface area (Å²) in [5.74, 6) is -3.59. The van der Waals surface area contributed by atoms with E-state index in [1.54, 1.807) is 8.87 Å². The number of esters is 2. The maximum atomic E-state index is 10.7. The third-order valence-corrected chi connectivity index (χ3v) is 7.74. The number of carboxylic acids is 2. The van der Waals surface area contributed by atoms with Gasteiger partial charge in [0.2, 0.25) is 0 Å². The van der Waals surface area contributed by atoms with Gasteiger partial charge in [-0.25, -0.2) is 19.2 Å². The van der Waals surface area contributed by atoms with Gasteiger partial charge in [-0.15, -0.1) is 0 Å². The fourth-order valence-electron chi connectivity index (χ4n) is 1.76. The second-order valence-corrected chi connectivity index (χ2v) is 12.0. The fraction of sp³-hybridized carbons (Fsp3) is 0.667. The van der Waals surface area contributed by atoms with E-state index in [9.17, 15) is 19.2 Å². The predicted molar refractivity (Wildman–Crippen MR) is 138 cm³/mol. The number of nitrogens with zero attached hydrogens (tertiary/aromatic N) is 2. The van der Waals surface area contributed by atoms with Crippen molar-refractivity contribution in [1.29, 1.82) is 0 Å². The van der Waals surface area contributed by atoms with Gasteiger partial charge in [-0.05, 0) is 28.2 Å². The van der Waals surface area contributed by atoms with Crippen LogP contribution in [-0.4, -0.2) is 120 Å². The van der Waals surface area contributed by atoms with E-state index >= 15 is 0 Å². The Morgan fingerprint density at radius 1 is 0.686 bits per heavy atom. The van der Waals surface area contributed by atoms with E-state index in [4.69, 9.17) is 10.2 Å². The van der Waals surface area contributed by atoms with Crippen molar-refractivity contribution in [2.75, 3.05) is 54.5 Å². The first-order valence-corrected chi connectivity index (χ1v) is 15.6. The average Bonchev–Trinajstić information content (AvgIpc) is 2.76. The molecule has 0 fully saturated rings. The van der Waals surface area contributed by atoms with Gasteiger partial charge in [-0.1, -0.05) is 0 Å². The molecule has 0 bridgehead atoms. The molecule has 10 nitrogen and oxygen atoms in total. The summed E-state index contributed by atoms with van der Waals surface area (Å²) in [6, 6.07) is 0. The molecule has 35 heavy (non-hydrogen) atoms. The number of hydrogen-bond acceptors (Lipinski definition) is 8. The molecule has 0 rings (SSSR count). The second-order valence-electron chi connectivity index (χ2n) is 7.74. The Kier molecular flexibility index (Phi) is 30.4. The first kappa shape index (κ1) is 37.6. The van der Waals surface area contributed by atoms with Gasteiger partial charge in [0.05, 0.1) is 0 Å². The van der Waals surface area contributed by atoms with Gasteiger partial charge in [0, 0.05) is 37.4 Å². The Hall–Kier alpha value is -1.92. The fourth-order valence-corrected chi connectivity index (χ4v) is 5.92. The van der Waals surface area contributed by atoms with Crippen molar-refractivity contribution in [3.8, 4) is 0 Å². The molecule has 202 valence electrons. The van der Waals surface area contributed by atoms with Gasteiger partial charge in [-0.2, -0.15) is 0 Å². The van der Waals surface area contributed by atoms with Crippen LogP contribution in [0.25, 0.3) is 0 Å². The van der Waals surface area contributed by atoms with Crippen LogP contribution in [0.4, 0.5) is 0 Å². The van der Waals surface area contributed by atoms with Gasteiger partial charge in [0.25, 0.3) is 0 Å². The molecular weight excluding hydrogens is 563 g/mol. The van der Waals surface area contributed by atoms with Crippen LogP contribution in [0, 0.1) is 0 Å². The topological polar surface area (TPSA) is 134 Å². The zero-order valence-corrected chi connectivity index (χ0v) is 25.0. The molecule has 0 aromatic carbocycles. The van der Waals surface area contributed by atoms with Crippen molar-refractivity contribution in [3.63, 3.8) is 0 Å². The quantitative estimate of drug-likeness (QED) is 0.117. The summed E-state index contributed by atoms with van der Waals surface area (Å²) in [5.41, 5.74) is 0. The minimum Gasteiger partial charge on any atom is -0.478 e. The van der Waals surface area contributed by atoms with E-state index in [0.717, 1.165) is 24.3 Å².